The van der Waals surface area contributed by atoms with Crippen LogP contribution in [0.1, 0.15) is 11.1 Å². The Hall–Kier alpha value is -1.48. The molecule has 26 heavy (non-hydrogen) atoms. The monoisotopic (exact) mass is 467 g/mol. The average Bonchev–Trinajstić information content (AvgIpc) is 3.00. The van der Waals surface area contributed by atoms with Gasteiger partial charge in [0.15, 0.2) is 0 Å². The summed E-state index contributed by atoms with van der Waals surface area (Å²) in [5, 5.41) is 14.5. The Labute approximate surface area is 167 Å². The molecule has 1 aliphatic rings. The molecule has 1 N–H and O–H groups in total. The summed E-state index contributed by atoms with van der Waals surface area (Å²) in [4.78, 5) is 5.35. The van der Waals surface area contributed by atoms with Crippen molar-refractivity contribution >= 4 is 28.8 Å². The second-order valence-corrected chi connectivity index (χ2v) is 6.94. The Bertz CT molecular complexity index is 683. The van der Waals surface area contributed by atoms with Crippen molar-refractivity contribution in [2.75, 3.05) is 4.43 Å². The van der Waals surface area contributed by atoms with Gasteiger partial charge in [0.25, 0.3) is 0 Å². The van der Waals surface area contributed by atoms with Crippen LogP contribution in [0.25, 0.3) is 0 Å². The van der Waals surface area contributed by atoms with Crippen LogP contribution < -0.4 is 0 Å². The molecule has 1 aliphatic heterocycles. The maximum Gasteiger partial charge on any atom is 0.142 e. The van der Waals surface area contributed by atoms with Crippen molar-refractivity contribution in [2.45, 2.75) is 37.6 Å². The van der Waals surface area contributed by atoms with Gasteiger partial charge in [0.05, 0.1) is 18.9 Å². The highest BCUT2D eigenvalue weighted by Crippen LogP contribution is 2.25. The first-order valence-corrected chi connectivity index (χ1v) is 10.0. The fraction of sp³-hybridized carbons (Fsp3) is 0.350. The summed E-state index contributed by atoms with van der Waals surface area (Å²) in [5.41, 5.74) is 2.09. The van der Waals surface area contributed by atoms with Crippen LogP contribution in [-0.2, 0) is 27.5 Å². The van der Waals surface area contributed by atoms with Crippen molar-refractivity contribution in [2.24, 2.45) is 5.16 Å². The summed E-state index contributed by atoms with van der Waals surface area (Å²) < 4.78 is 12.5. The fourth-order valence-electron chi connectivity index (χ4n) is 2.76. The standard InChI is InChI=1S/C20H22INO4/c21-11-17-19(23)20(24-13-15-7-3-1-4-8-15)18(26-17)12-22-25-14-16-9-5-2-6-10-16/h1-10,12,17-20,23H,11,13-14H2/b22-12-/t17-,18+,19+,20+/m0/s1. The van der Waals surface area contributed by atoms with E-state index in [1.807, 2.05) is 60.7 Å². The molecule has 0 unspecified atom stereocenters. The average molecular weight is 467 g/mol. The predicted molar refractivity (Wildman–Crippen MR) is 108 cm³/mol. The number of alkyl halides is 1. The van der Waals surface area contributed by atoms with E-state index in [1.54, 1.807) is 6.21 Å². The van der Waals surface area contributed by atoms with Gasteiger partial charge in [-0.15, -0.1) is 0 Å². The summed E-state index contributed by atoms with van der Waals surface area (Å²) in [7, 11) is 0. The molecule has 3 rings (SSSR count). The molecule has 0 radical (unpaired) electrons. The van der Waals surface area contributed by atoms with E-state index in [0.717, 1.165) is 11.1 Å². The molecule has 138 valence electrons. The minimum Gasteiger partial charge on any atom is -0.391 e. The van der Waals surface area contributed by atoms with Gasteiger partial charge in [0, 0.05) is 4.43 Å². The highest BCUT2D eigenvalue weighted by atomic mass is 127. The lowest BCUT2D eigenvalue weighted by Crippen LogP contribution is -2.36. The van der Waals surface area contributed by atoms with Crippen molar-refractivity contribution in [1.82, 2.24) is 0 Å². The molecule has 0 saturated carbocycles. The lowest BCUT2D eigenvalue weighted by molar-refractivity contribution is -0.0311. The van der Waals surface area contributed by atoms with Crippen LogP contribution in [0.15, 0.2) is 65.8 Å². The summed E-state index contributed by atoms with van der Waals surface area (Å²) >= 11 is 2.20. The minimum atomic E-state index is -0.693. The van der Waals surface area contributed by atoms with E-state index in [1.165, 1.54) is 0 Å². The number of hydrogen-bond donors (Lipinski definition) is 1. The van der Waals surface area contributed by atoms with Crippen molar-refractivity contribution in [3.8, 4) is 0 Å². The second kappa shape index (κ2) is 10.0. The van der Waals surface area contributed by atoms with E-state index in [-0.39, 0.29) is 6.10 Å². The minimum absolute atomic E-state index is 0.276. The van der Waals surface area contributed by atoms with Gasteiger partial charge in [-0.3, -0.25) is 0 Å². The number of aliphatic hydroxyl groups is 1. The van der Waals surface area contributed by atoms with Crippen LogP contribution in [0.5, 0.6) is 0 Å². The van der Waals surface area contributed by atoms with Gasteiger partial charge in [-0.2, -0.15) is 0 Å². The summed E-state index contributed by atoms with van der Waals surface area (Å²) in [6.45, 7) is 0.799. The molecule has 0 aromatic heterocycles. The zero-order valence-corrected chi connectivity index (χ0v) is 16.4. The van der Waals surface area contributed by atoms with E-state index in [2.05, 4.69) is 27.7 Å². The molecule has 4 atom stereocenters. The quantitative estimate of drug-likeness (QED) is 0.280. The Morgan fingerprint density at radius 1 is 1.00 bits per heavy atom. The van der Waals surface area contributed by atoms with Crippen LogP contribution in [-0.4, -0.2) is 40.2 Å². The largest absolute Gasteiger partial charge is 0.391 e. The van der Waals surface area contributed by atoms with Crippen molar-refractivity contribution < 1.29 is 19.4 Å². The van der Waals surface area contributed by atoms with Gasteiger partial charge in [0.1, 0.15) is 24.9 Å². The summed E-state index contributed by atoms with van der Waals surface area (Å²) in [5.74, 6) is 0. The van der Waals surface area contributed by atoms with Gasteiger partial charge >= 0.3 is 0 Å². The number of nitrogens with zero attached hydrogens (tertiary/aromatic N) is 1. The molecule has 5 nitrogen and oxygen atoms in total. The number of aliphatic hydroxyl groups excluding tert-OH is 1. The Morgan fingerprint density at radius 3 is 2.23 bits per heavy atom. The van der Waals surface area contributed by atoms with Crippen LogP contribution in [0, 0.1) is 0 Å². The van der Waals surface area contributed by atoms with Gasteiger partial charge in [0.2, 0.25) is 0 Å². The van der Waals surface area contributed by atoms with Gasteiger partial charge in [-0.05, 0) is 11.1 Å². The molecule has 2 aromatic rings. The van der Waals surface area contributed by atoms with Gasteiger partial charge in [-0.25, -0.2) is 0 Å². The molecule has 0 bridgehead atoms. The number of benzene rings is 2. The third kappa shape index (κ3) is 5.26. The second-order valence-electron chi connectivity index (χ2n) is 6.06. The Kier molecular flexibility index (Phi) is 7.43. The summed E-state index contributed by atoms with van der Waals surface area (Å²) in [6.07, 6.45) is -0.305. The molecule has 0 spiro atoms. The number of oxime groups is 1. The number of ether oxygens (including phenoxy) is 2. The van der Waals surface area contributed by atoms with E-state index in [9.17, 15) is 5.11 Å². The lowest BCUT2D eigenvalue weighted by atomic mass is 10.1. The van der Waals surface area contributed by atoms with E-state index in [4.69, 9.17) is 14.3 Å². The number of hydrogen-bond acceptors (Lipinski definition) is 5. The molecule has 0 aliphatic carbocycles. The fourth-order valence-corrected chi connectivity index (χ4v) is 3.49. The highest BCUT2D eigenvalue weighted by Gasteiger charge is 2.43. The van der Waals surface area contributed by atoms with Crippen LogP contribution >= 0.6 is 22.6 Å². The third-order valence-electron chi connectivity index (χ3n) is 4.17. The maximum absolute atomic E-state index is 10.5. The molecule has 0 amide bonds. The van der Waals surface area contributed by atoms with Crippen LogP contribution in [0.3, 0.4) is 0 Å². The molecule has 2 aromatic carbocycles. The Balaban J connectivity index is 1.56. The summed E-state index contributed by atoms with van der Waals surface area (Å²) in [6, 6.07) is 19.7. The first-order valence-electron chi connectivity index (χ1n) is 8.52. The molecular formula is C20H22INO4. The molecule has 1 heterocycles. The normalized spacial score (nSPS) is 25.6. The first-order chi connectivity index (χ1) is 12.8. The zero-order valence-electron chi connectivity index (χ0n) is 14.3. The topological polar surface area (TPSA) is 60.3 Å². The van der Waals surface area contributed by atoms with E-state index < -0.39 is 18.3 Å². The zero-order chi connectivity index (χ0) is 18.2. The van der Waals surface area contributed by atoms with E-state index in [0.29, 0.717) is 17.6 Å². The van der Waals surface area contributed by atoms with Gasteiger partial charge in [-0.1, -0.05) is 88.4 Å². The maximum atomic E-state index is 10.5. The van der Waals surface area contributed by atoms with Crippen LogP contribution in [0.4, 0.5) is 0 Å². The van der Waals surface area contributed by atoms with Crippen molar-refractivity contribution in [1.29, 1.82) is 0 Å². The third-order valence-corrected chi connectivity index (χ3v) is 5.04. The molecule has 1 fully saturated rings. The molecule has 6 heteroatoms. The van der Waals surface area contributed by atoms with Crippen LogP contribution in [0.2, 0.25) is 0 Å². The van der Waals surface area contributed by atoms with Crippen molar-refractivity contribution in [3.63, 3.8) is 0 Å². The smallest absolute Gasteiger partial charge is 0.142 e. The number of rotatable bonds is 8. The number of halogens is 1. The highest BCUT2D eigenvalue weighted by molar-refractivity contribution is 14.1. The lowest BCUT2D eigenvalue weighted by Gasteiger charge is -2.18. The predicted octanol–water partition coefficient (Wildman–Crippen LogP) is 3.34. The van der Waals surface area contributed by atoms with E-state index >= 15 is 0 Å². The molecule has 1 saturated heterocycles. The molecular weight excluding hydrogens is 445 g/mol. The first kappa shape index (κ1) is 19.3. The SMILES string of the molecule is O[C@H]1[C@H](OCc2ccccc2)[C@@H](/C=N\OCc2ccccc2)O[C@H]1CI. The Morgan fingerprint density at radius 2 is 1.62 bits per heavy atom. The van der Waals surface area contributed by atoms with Gasteiger partial charge < -0.3 is 19.4 Å². The van der Waals surface area contributed by atoms with Crippen molar-refractivity contribution in [3.05, 3.63) is 71.8 Å².